The maximum absolute atomic E-state index is 5.70. The molecule has 1 aromatic heterocycles. The molecule has 0 bridgehead atoms. The Bertz CT molecular complexity index is 728. The molecule has 25 heavy (non-hydrogen) atoms. The lowest BCUT2D eigenvalue weighted by molar-refractivity contribution is 0.176. The average Bonchev–Trinajstić information content (AvgIpc) is 2.54. The predicted octanol–water partition coefficient (Wildman–Crippen LogP) is 3.69. The Morgan fingerprint density at radius 1 is 1.00 bits per heavy atom. The zero-order valence-electron chi connectivity index (χ0n) is 15.5. The molecule has 0 aliphatic carbocycles. The van der Waals surface area contributed by atoms with Crippen LogP contribution in [-0.2, 0) is 13.0 Å². The molecule has 1 aromatic carbocycles. The predicted molar refractivity (Wildman–Crippen MR) is 108 cm³/mol. The quantitative estimate of drug-likeness (QED) is 0.781. The van der Waals surface area contributed by atoms with Gasteiger partial charge in [0.05, 0.1) is 4.99 Å². The van der Waals surface area contributed by atoms with Crippen LogP contribution in [-0.4, -0.2) is 46.0 Å². The molecule has 2 heterocycles. The fourth-order valence-corrected chi connectivity index (χ4v) is 3.84. The summed E-state index contributed by atoms with van der Waals surface area (Å²) in [4.78, 5) is 10.5. The topological polar surface area (TPSA) is 19.4 Å². The largest absolute Gasteiger partial charge is 0.363 e. The molecular weight excluding hydrogens is 326 g/mol. The van der Waals surface area contributed by atoms with Gasteiger partial charge in [-0.1, -0.05) is 42.0 Å². The van der Waals surface area contributed by atoms with Crippen molar-refractivity contribution in [2.24, 2.45) is 0 Å². The average molecular weight is 354 g/mol. The van der Waals surface area contributed by atoms with E-state index < -0.39 is 0 Å². The fraction of sp³-hybridized carbons (Fsp3) is 0.429. The van der Waals surface area contributed by atoms with Crippen LogP contribution in [0.5, 0.6) is 0 Å². The van der Waals surface area contributed by atoms with Gasteiger partial charge in [0.2, 0.25) is 0 Å². The summed E-state index contributed by atoms with van der Waals surface area (Å²) in [6.45, 7) is 11.5. The third-order valence-electron chi connectivity index (χ3n) is 4.70. The molecule has 3 nitrogen and oxygen atoms in total. The third-order valence-corrected chi connectivity index (χ3v) is 5.10. The third kappa shape index (κ3) is 5.10. The molecule has 3 rings (SSSR count). The van der Waals surface area contributed by atoms with Crippen molar-refractivity contribution in [1.82, 2.24) is 14.8 Å². The van der Waals surface area contributed by atoms with Gasteiger partial charge in [-0.05, 0) is 44.0 Å². The molecule has 0 radical (unpaired) electrons. The highest BCUT2D eigenvalue weighted by Gasteiger charge is 2.19. The first-order valence-corrected chi connectivity index (χ1v) is 9.40. The minimum atomic E-state index is 0.774. The number of aryl methyl sites for hydroxylation is 3. The Hall–Kier alpha value is -1.78. The summed E-state index contributed by atoms with van der Waals surface area (Å²) in [5.74, 6) is 0. The Kier molecular flexibility index (Phi) is 5.82. The summed E-state index contributed by atoms with van der Waals surface area (Å²) in [5, 5.41) is 0. The Balaban J connectivity index is 1.52. The molecular formula is C21H27N3S. The molecule has 0 N–H and O–H groups in total. The van der Waals surface area contributed by atoms with Crippen molar-refractivity contribution in [3.05, 3.63) is 64.5 Å². The molecule has 0 unspecified atom stereocenters. The lowest BCUT2D eigenvalue weighted by atomic mass is 10.1. The van der Waals surface area contributed by atoms with Gasteiger partial charge in [0.1, 0.15) is 0 Å². The van der Waals surface area contributed by atoms with Crippen LogP contribution >= 0.6 is 12.2 Å². The number of pyridine rings is 1. The molecule has 4 heteroatoms. The van der Waals surface area contributed by atoms with E-state index in [4.69, 9.17) is 12.2 Å². The second kappa shape index (κ2) is 8.07. The van der Waals surface area contributed by atoms with Crippen LogP contribution in [0.15, 0.2) is 36.4 Å². The van der Waals surface area contributed by atoms with Crippen molar-refractivity contribution in [3.8, 4) is 0 Å². The summed E-state index contributed by atoms with van der Waals surface area (Å²) in [6.07, 6.45) is 0.774. The molecule has 1 fully saturated rings. The van der Waals surface area contributed by atoms with E-state index in [9.17, 15) is 0 Å². The van der Waals surface area contributed by atoms with Crippen molar-refractivity contribution >= 4 is 17.2 Å². The number of aromatic nitrogens is 1. The summed E-state index contributed by atoms with van der Waals surface area (Å²) < 4.78 is 0. The number of hydrogen-bond acceptors (Lipinski definition) is 3. The summed E-state index contributed by atoms with van der Waals surface area (Å²) >= 11 is 5.70. The second-order valence-electron chi connectivity index (χ2n) is 7.10. The number of hydrogen-bond donors (Lipinski definition) is 0. The van der Waals surface area contributed by atoms with E-state index in [1.54, 1.807) is 0 Å². The van der Waals surface area contributed by atoms with E-state index in [-0.39, 0.29) is 0 Å². The Morgan fingerprint density at radius 3 is 2.44 bits per heavy atom. The van der Waals surface area contributed by atoms with Crippen molar-refractivity contribution in [3.63, 3.8) is 0 Å². The van der Waals surface area contributed by atoms with Gasteiger partial charge in [0.15, 0.2) is 0 Å². The van der Waals surface area contributed by atoms with Crippen LogP contribution in [0, 0.1) is 20.8 Å². The van der Waals surface area contributed by atoms with Gasteiger partial charge in [0.25, 0.3) is 0 Å². The molecule has 1 aliphatic rings. The van der Waals surface area contributed by atoms with Crippen molar-refractivity contribution in [1.29, 1.82) is 0 Å². The standard InChI is InChI=1S/C21H27N3S/c1-16-5-4-6-19(12-16)15-23-7-9-24(10-8-23)21(25)14-20-13-17(2)11-18(3)22-20/h4-6,11-13H,7-10,14-15H2,1-3H3. The maximum Gasteiger partial charge on any atom is 0.0840 e. The van der Waals surface area contributed by atoms with Crippen LogP contribution in [0.2, 0.25) is 0 Å². The van der Waals surface area contributed by atoms with E-state index in [2.05, 4.69) is 65.0 Å². The smallest absolute Gasteiger partial charge is 0.0840 e. The first-order chi connectivity index (χ1) is 12.0. The summed E-state index contributed by atoms with van der Waals surface area (Å²) in [7, 11) is 0. The monoisotopic (exact) mass is 353 g/mol. The minimum absolute atomic E-state index is 0.774. The molecule has 1 saturated heterocycles. The van der Waals surface area contributed by atoms with Gasteiger partial charge in [-0.15, -0.1) is 0 Å². The molecule has 0 amide bonds. The van der Waals surface area contributed by atoms with Crippen LogP contribution < -0.4 is 0 Å². The first-order valence-electron chi connectivity index (χ1n) is 8.99. The Morgan fingerprint density at radius 2 is 1.76 bits per heavy atom. The lowest BCUT2D eigenvalue weighted by Crippen LogP contribution is -2.48. The number of nitrogens with zero attached hydrogens (tertiary/aromatic N) is 3. The number of piperazine rings is 1. The summed E-state index contributed by atoms with van der Waals surface area (Å²) in [6, 6.07) is 13.1. The Labute approximate surface area is 156 Å². The fourth-order valence-electron chi connectivity index (χ4n) is 3.51. The minimum Gasteiger partial charge on any atom is -0.363 e. The summed E-state index contributed by atoms with van der Waals surface area (Å²) in [5.41, 5.74) is 6.15. The highest BCUT2D eigenvalue weighted by Crippen LogP contribution is 2.13. The lowest BCUT2D eigenvalue weighted by Gasteiger charge is -2.36. The van der Waals surface area contributed by atoms with Crippen LogP contribution in [0.4, 0.5) is 0 Å². The van der Waals surface area contributed by atoms with E-state index in [0.717, 1.165) is 55.5 Å². The zero-order chi connectivity index (χ0) is 17.8. The van der Waals surface area contributed by atoms with Crippen LogP contribution in [0.25, 0.3) is 0 Å². The van der Waals surface area contributed by atoms with Crippen LogP contribution in [0.3, 0.4) is 0 Å². The van der Waals surface area contributed by atoms with Gasteiger partial charge in [-0.25, -0.2) is 0 Å². The van der Waals surface area contributed by atoms with E-state index in [1.807, 2.05) is 6.92 Å². The normalized spacial score (nSPS) is 15.4. The van der Waals surface area contributed by atoms with Crippen molar-refractivity contribution in [2.75, 3.05) is 26.2 Å². The highest BCUT2D eigenvalue weighted by molar-refractivity contribution is 7.80. The van der Waals surface area contributed by atoms with Crippen molar-refractivity contribution in [2.45, 2.75) is 33.7 Å². The van der Waals surface area contributed by atoms with Gasteiger partial charge >= 0.3 is 0 Å². The number of rotatable bonds is 4. The van der Waals surface area contributed by atoms with Crippen LogP contribution in [0.1, 0.15) is 28.1 Å². The SMILES string of the molecule is Cc1cccc(CN2CCN(C(=S)Cc3cc(C)cc(C)n3)CC2)c1. The highest BCUT2D eigenvalue weighted by atomic mass is 32.1. The van der Waals surface area contributed by atoms with E-state index >= 15 is 0 Å². The molecule has 132 valence electrons. The number of thiocarbonyl (C=S) groups is 1. The molecule has 0 atom stereocenters. The molecule has 0 spiro atoms. The number of benzene rings is 1. The van der Waals surface area contributed by atoms with Crippen molar-refractivity contribution < 1.29 is 0 Å². The van der Waals surface area contributed by atoms with Gasteiger partial charge in [-0.3, -0.25) is 9.88 Å². The maximum atomic E-state index is 5.70. The van der Waals surface area contributed by atoms with Gasteiger partial charge < -0.3 is 4.90 Å². The first kappa shape index (κ1) is 18.0. The van der Waals surface area contributed by atoms with Gasteiger partial charge in [-0.2, -0.15) is 0 Å². The molecule has 2 aromatic rings. The zero-order valence-corrected chi connectivity index (χ0v) is 16.3. The second-order valence-corrected chi connectivity index (χ2v) is 7.57. The van der Waals surface area contributed by atoms with E-state index in [1.165, 1.54) is 16.7 Å². The van der Waals surface area contributed by atoms with E-state index in [0.29, 0.717) is 0 Å². The molecule has 0 saturated carbocycles. The molecule has 1 aliphatic heterocycles. The van der Waals surface area contributed by atoms with Gasteiger partial charge in [0, 0.05) is 50.5 Å².